The monoisotopic (exact) mass is 819 g/mol. The van der Waals surface area contributed by atoms with E-state index in [0.717, 1.165) is 89.9 Å². The van der Waals surface area contributed by atoms with Crippen molar-refractivity contribution >= 4 is 35.6 Å². The third kappa shape index (κ3) is 39.7. The zero-order valence-electron chi connectivity index (χ0n) is 36.5. The highest BCUT2D eigenvalue weighted by molar-refractivity contribution is 7.99. The van der Waals surface area contributed by atoms with Gasteiger partial charge >= 0.3 is 17.9 Å². The van der Waals surface area contributed by atoms with Crippen LogP contribution in [0.4, 0.5) is 0 Å². The largest absolute Gasteiger partial charge is 0.462 e. The first-order chi connectivity index (χ1) is 27.7. The van der Waals surface area contributed by atoms with E-state index in [9.17, 15) is 19.2 Å². The molecule has 0 aliphatic carbocycles. The molecule has 0 fully saturated rings. The Labute approximate surface area is 352 Å². The number of esters is 3. The molecule has 0 aliphatic rings. The summed E-state index contributed by atoms with van der Waals surface area (Å²) in [5.74, 6) is -1.06. The Morgan fingerprint density at radius 1 is 0.561 bits per heavy atom. The van der Waals surface area contributed by atoms with Gasteiger partial charge in [-0.15, -0.1) is 0 Å². The molecule has 3 N–H and O–H groups in total. The van der Waals surface area contributed by atoms with Gasteiger partial charge in [-0.1, -0.05) is 127 Å². The first-order valence-electron chi connectivity index (χ1n) is 22.4. The van der Waals surface area contributed by atoms with Crippen molar-refractivity contribution in [1.29, 1.82) is 0 Å². The fourth-order valence-corrected chi connectivity index (χ4v) is 6.75. The number of nitrogens with two attached hydrogens (primary N) is 1. The van der Waals surface area contributed by atoms with Gasteiger partial charge in [0.05, 0.1) is 12.1 Å². The summed E-state index contributed by atoms with van der Waals surface area (Å²) >= 11 is 1.34. The van der Waals surface area contributed by atoms with Gasteiger partial charge in [0, 0.05) is 24.3 Å². The Morgan fingerprint density at radius 3 is 1.51 bits per heavy atom. The number of rotatable bonds is 39. The summed E-state index contributed by atoms with van der Waals surface area (Å²) in [7, 11) is 0. The summed E-state index contributed by atoms with van der Waals surface area (Å²) in [6.45, 7) is 7.63. The number of hydrogen-bond donors (Lipinski definition) is 2. The molecule has 1 amide bonds. The Hall–Kier alpha value is -2.85. The topological polar surface area (TPSA) is 134 Å². The van der Waals surface area contributed by atoms with Crippen LogP contribution in [0.5, 0.6) is 0 Å². The van der Waals surface area contributed by atoms with Crippen molar-refractivity contribution in [3.63, 3.8) is 0 Å². The maximum Gasteiger partial charge on any atom is 0.325 e. The summed E-state index contributed by atoms with van der Waals surface area (Å²) in [6, 6.07) is -0.869. The fraction of sp³-hybridized carbons (Fsp3) is 0.745. The van der Waals surface area contributed by atoms with Crippen molar-refractivity contribution in [2.45, 2.75) is 200 Å². The number of allylic oxidation sites excluding steroid dienone is 8. The molecule has 0 radical (unpaired) electrons. The quantitative estimate of drug-likeness (QED) is 0.0269. The van der Waals surface area contributed by atoms with E-state index in [1.807, 2.05) is 0 Å². The molecule has 0 aromatic rings. The molecule has 10 heteroatoms. The molecule has 9 nitrogen and oxygen atoms in total. The lowest BCUT2D eigenvalue weighted by atomic mass is 10.1. The number of thioether (sulfide) groups is 1. The number of nitrogens with one attached hydrogen (secondary N) is 1. The van der Waals surface area contributed by atoms with Gasteiger partial charge in [0.15, 0.2) is 0 Å². The molecule has 0 aromatic heterocycles. The van der Waals surface area contributed by atoms with Gasteiger partial charge in [-0.2, -0.15) is 11.8 Å². The second-order valence-electron chi connectivity index (χ2n) is 15.2. The van der Waals surface area contributed by atoms with Crippen LogP contribution in [0.1, 0.15) is 182 Å². The second kappa shape index (κ2) is 41.3. The lowest BCUT2D eigenvalue weighted by Gasteiger charge is -2.19. The van der Waals surface area contributed by atoms with Crippen LogP contribution < -0.4 is 11.1 Å². The third-order valence-electron chi connectivity index (χ3n) is 9.10. The van der Waals surface area contributed by atoms with Crippen LogP contribution in [0.3, 0.4) is 0 Å². The molecule has 328 valence electrons. The minimum atomic E-state index is -0.869. The van der Waals surface area contributed by atoms with Crippen molar-refractivity contribution in [2.75, 3.05) is 24.7 Å². The van der Waals surface area contributed by atoms with Crippen LogP contribution in [0.25, 0.3) is 0 Å². The van der Waals surface area contributed by atoms with Gasteiger partial charge in [-0.05, 0) is 90.9 Å². The van der Waals surface area contributed by atoms with E-state index in [2.05, 4.69) is 67.8 Å². The van der Waals surface area contributed by atoms with Gasteiger partial charge in [0.2, 0.25) is 5.91 Å². The van der Waals surface area contributed by atoms with Gasteiger partial charge in [0.1, 0.15) is 19.3 Å². The first kappa shape index (κ1) is 54.2. The summed E-state index contributed by atoms with van der Waals surface area (Å²) in [5.41, 5.74) is 6.04. The lowest BCUT2D eigenvalue weighted by molar-refractivity contribution is -0.157. The molecule has 0 rings (SSSR count). The highest BCUT2D eigenvalue weighted by Crippen LogP contribution is 2.14. The van der Waals surface area contributed by atoms with Crippen LogP contribution in [0, 0.1) is 0 Å². The lowest BCUT2D eigenvalue weighted by Crippen LogP contribution is -2.44. The van der Waals surface area contributed by atoms with Crippen LogP contribution in [0.15, 0.2) is 48.6 Å². The van der Waals surface area contributed by atoms with Crippen molar-refractivity contribution < 1.29 is 33.4 Å². The zero-order chi connectivity index (χ0) is 42.0. The smallest absolute Gasteiger partial charge is 0.325 e. The Morgan fingerprint density at radius 2 is 1.02 bits per heavy atom. The summed E-state index contributed by atoms with van der Waals surface area (Å²) < 4.78 is 16.3. The minimum Gasteiger partial charge on any atom is -0.462 e. The van der Waals surface area contributed by atoms with Crippen LogP contribution >= 0.6 is 11.8 Å². The molecule has 0 heterocycles. The number of ether oxygens (including phenoxy) is 3. The van der Waals surface area contributed by atoms with E-state index in [1.54, 1.807) is 13.8 Å². The predicted octanol–water partition coefficient (Wildman–Crippen LogP) is 11.2. The van der Waals surface area contributed by atoms with Gasteiger partial charge < -0.3 is 25.3 Å². The van der Waals surface area contributed by atoms with Crippen LogP contribution in [0.2, 0.25) is 0 Å². The van der Waals surface area contributed by atoms with E-state index in [0.29, 0.717) is 18.6 Å². The highest BCUT2D eigenvalue weighted by atomic mass is 32.2. The van der Waals surface area contributed by atoms with Crippen LogP contribution in [-0.4, -0.2) is 66.7 Å². The molecular weight excluding hydrogens is 737 g/mol. The molecular formula is C47H82N2O7S. The van der Waals surface area contributed by atoms with E-state index >= 15 is 0 Å². The second-order valence-corrected chi connectivity index (χ2v) is 16.2. The van der Waals surface area contributed by atoms with Crippen molar-refractivity contribution in [3.05, 3.63) is 48.6 Å². The molecule has 0 aliphatic heterocycles. The maximum absolute atomic E-state index is 12.8. The molecule has 0 saturated heterocycles. The number of amides is 1. The number of carbonyl (C=O) groups is 4. The number of hydrogen-bond acceptors (Lipinski definition) is 9. The SMILES string of the molecule is CCCCC/C=C\C/C=C\CCCCCCCC(=O)OC[C@H](CSC[C@H](N)C(=O)NCC(=O)OC(C)C)OC(=O)CCCCCCC/C=C\C/C=C\CCCCC. The molecule has 0 unspecified atom stereocenters. The zero-order valence-corrected chi connectivity index (χ0v) is 37.3. The third-order valence-corrected chi connectivity index (χ3v) is 10.3. The summed E-state index contributed by atoms with van der Waals surface area (Å²) in [4.78, 5) is 49.5. The highest BCUT2D eigenvalue weighted by Gasteiger charge is 2.20. The average molecular weight is 819 g/mol. The minimum absolute atomic E-state index is 0.0392. The van der Waals surface area contributed by atoms with E-state index in [-0.39, 0.29) is 36.9 Å². The van der Waals surface area contributed by atoms with Gasteiger partial charge in [0.25, 0.3) is 0 Å². The van der Waals surface area contributed by atoms with Gasteiger partial charge in [-0.3, -0.25) is 19.2 Å². The summed E-state index contributed by atoms with van der Waals surface area (Å²) in [5, 5.41) is 2.50. The van der Waals surface area contributed by atoms with Gasteiger partial charge in [-0.25, -0.2) is 0 Å². The van der Waals surface area contributed by atoms with Crippen molar-refractivity contribution in [3.8, 4) is 0 Å². The molecule has 2 atom stereocenters. The Kier molecular flexibility index (Phi) is 39.2. The number of carbonyl (C=O) groups excluding carboxylic acids is 4. The van der Waals surface area contributed by atoms with E-state index < -0.39 is 24.0 Å². The average Bonchev–Trinajstić information content (AvgIpc) is 3.18. The maximum atomic E-state index is 12.8. The Balaban J connectivity index is 4.51. The molecule has 57 heavy (non-hydrogen) atoms. The molecule has 0 spiro atoms. The molecule has 0 bridgehead atoms. The van der Waals surface area contributed by atoms with Crippen molar-refractivity contribution in [1.82, 2.24) is 5.32 Å². The standard InChI is InChI=1S/C47H82N2O7S/c1-5-7-9-11-13-15-17-19-21-23-25-27-29-31-33-35-44(50)54-38-42(39-57-40-43(48)47(53)49-37-46(52)55-41(3)4)56-45(51)36-34-32-30-28-26-24-22-20-18-16-14-12-10-8-6-2/h13-16,19-22,41-43H,5-12,17-18,23-40,48H2,1-4H3,(H,49,53)/b15-13-,16-14-,21-19-,22-20-/t42-,43+/m1/s1. The fourth-order valence-electron chi connectivity index (χ4n) is 5.78. The molecule has 0 aromatic carbocycles. The van der Waals surface area contributed by atoms with E-state index in [1.165, 1.54) is 63.1 Å². The number of unbranched alkanes of at least 4 members (excludes halogenated alkanes) is 16. The van der Waals surface area contributed by atoms with Crippen LogP contribution in [-0.2, 0) is 33.4 Å². The summed E-state index contributed by atoms with van der Waals surface area (Å²) in [6.07, 6.45) is 42.1. The predicted molar refractivity (Wildman–Crippen MR) is 239 cm³/mol. The first-order valence-corrected chi connectivity index (χ1v) is 23.6. The normalized spacial score (nSPS) is 12.9. The Bertz CT molecular complexity index is 1120. The van der Waals surface area contributed by atoms with Crippen molar-refractivity contribution in [2.24, 2.45) is 5.73 Å². The van der Waals surface area contributed by atoms with E-state index in [4.69, 9.17) is 19.9 Å². The molecule has 0 saturated carbocycles.